The zero-order chi connectivity index (χ0) is 22.3. The van der Waals surface area contributed by atoms with Crippen LogP contribution in [0.3, 0.4) is 0 Å². The van der Waals surface area contributed by atoms with Crippen molar-refractivity contribution < 1.29 is 18.7 Å². The van der Waals surface area contributed by atoms with E-state index in [1.54, 1.807) is 6.07 Å². The molecule has 1 atom stereocenters. The molecule has 0 aliphatic carbocycles. The molecule has 1 saturated heterocycles. The fourth-order valence-electron chi connectivity index (χ4n) is 4.04. The second kappa shape index (κ2) is 10.5. The summed E-state index contributed by atoms with van der Waals surface area (Å²) >= 11 is 0. The van der Waals surface area contributed by atoms with Gasteiger partial charge in [0.25, 0.3) is 0 Å². The van der Waals surface area contributed by atoms with Crippen LogP contribution in [0.2, 0.25) is 0 Å². The lowest BCUT2D eigenvalue weighted by Crippen LogP contribution is -2.48. The summed E-state index contributed by atoms with van der Waals surface area (Å²) in [5, 5.41) is 5.91. The number of carbonyl (C=O) groups excluding carboxylic acids is 2. The maximum absolute atomic E-state index is 13.9. The monoisotopic (exact) mass is 426 g/mol. The third-order valence-corrected chi connectivity index (χ3v) is 5.78. The van der Waals surface area contributed by atoms with Crippen LogP contribution in [0.25, 0.3) is 0 Å². The highest BCUT2D eigenvalue weighted by Gasteiger charge is 2.36. The first kappa shape index (κ1) is 22.9. The van der Waals surface area contributed by atoms with Gasteiger partial charge in [-0.05, 0) is 42.0 Å². The van der Waals surface area contributed by atoms with Crippen molar-refractivity contribution in [1.82, 2.24) is 10.6 Å². The van der Waals surface area contributed by atoms with Gasteiger partial charge in [0.2, 0.25) is 11.8 Å². The summed E-state index contributed by atoms with van der Waals surface area (Å²) in [6.07, 6.45) is 1.72. The normalized spacial score (nSPS) is 16.5. The quantitative estimate of drug-likeness (QED) is 0.673. The van der Waals surface area contributed by atoms with Crippen molar-refractivity contribution in [2.24, 2.45) is 5.92 Å². The molecule has 0 aromatic heterocycles. The minimum atomic E-state index is -0.781. The standard InChI is InChI=1S/C25H31FN2O3/c1-18(2)15-22(29)28-23(19-7-4-3-5-8-19)24(30)27-17-25(11-13-31-14-12-25)20-9-6-10-21(26)16-20/h3-10,16,18,23H,11-15,17H2,1-2H3,(H,27,30)(H,28,29). The van der Waals surface area contributed by atoms with Gasteiger partial charge in [0.1, 0.15) is 11.9 Å². The molecule has 0 saturated carbocycles. The zero-order valence-corrected chi connectivity index (χ0v) is 18.2. The van der Waals surface area contributed by atoms with Crippen molar-refractivity contribution in [3.8, 4) is 0 Å². The highest BCUT2D eigenvalue weighted by molar-refractivity contribution is 5.88. The van der Waals surface area contributed by atoms with E-state index in [9.17, 15) is 14.0 Å². The lowest BCUT2D eigenvalue weighted by Gasteiger charge is -2.38. The number of hydrogen-bond acceptors (Lipinski definition) is 3. The number of carbonyl (C=O) groups is 2. The number of nitrogens with one attached hydrogen (secondary N) is 2. The summed E-state index contributed by atoms with van der Waals surface area (Å²) in [5.41, 5.74) is 1.18. The Bertz CT molecular complexity index is 879. The van der Waals surface area contributed by atoms with Gasteiger partial charge in [-0.15, -0.1) is 0 Å². The van der Waals surface area contributed by atoms with Gasteiger partial charge in [0.15, 0.2) is 0 Å². The van der Waals surface area contributed by atoms with E-state index in [-0.39, 0.29) is 23.5 Å². The lowest BCUT2D eigenvalue weighted by molar-refractivity contribution is -0.129. The molecule has 1 unspecified atom stereocenters. The average Bonchev–Trinajstić information content (AvgIpc) is 2.76. The number of amides is 2. The topological polar surface area (TPSA) is 67.4 Å². The van der Waals surface area contributed by atoms with E-state index in [0.29, 0.717) is 39.0 Å². The molecule has 2 aromatic carbocycles. The molecule has 2 aromatic rings. The highest BCUT2D eigenvalue weighted by atomic mass is 19.1. The van der Waals surface area contributed by atoms with Gasteiger partial charge in [-0.3, -0.25) is 9.59 Å². The van der Waals surface area contributed by atoms with E-state index in [1.807, 2.05) is 50.2 Å². The first-order valence-electron chi connectivity index (χ1n) is 10.9. The molecule has 5 nitrogen and oxygen atoms in total. The molecule has 0 radical (unpaired) electrons. The molecule has 0 spiro atoms. The van der Waals surface area contributed by atoms with Crippen LogP contribution in [0.1, 0.15) is 50.3 Å². The highest BCUT2D eigenvalue weighted by Crippen LogP contribution is 2.34. The molecule has 1 fully saturated rings. The predicted molar refractivity (Wildman–Crippen MR) is 118 cm³/mol. The minimum Gasteiger partial charge on any atom is -0.381 e. The molecule has 3 rings (SSSR count). The summed E-state index contributed by atoms with van der Waals surface area (Å²) in [6.45, 7) is 5.39. The van der Waals surface area contributed by atoms with Crippen molar-refractivity contribution in [3.63, 3.8) is 0 Å². The SMILES string of the molecule is CC(C)CC(=O)NC(C(=O)NCC1(c2cccc(F)c2)CCOCC1)c1ccccc1. The van der Waals surface area contributed by atoms with Crippen LogP contribution in [-0.2, 0) is 19.7 Å². The Hall–Kier alpha value is -2.73. The van der Waals surface area contributed by atoms with Crippen LogP contribution in [0, 0.1) is 11.7 Å². The summed E-state index contributed by atoms with van der Waals surface area (Å²) in [6, 6.07) is 15.0. The Kier molecular flexibility index (Phi) is 7.80. The van der Waals surface area contributed by atoms with Crippen LogP contribution >= 0.6 is 0 Å². The Morgan fingerprint density at radius 2 is 1.77 bits per heavy atom. The summed E-state index contributed by atoms with van der Waals surface area (Å²) in [7, 11) is 0. The first-order chi connectivity index (χ1) is 14.9. The van der Waals surface area contributed by atoms with Crippen molar-refractivity contribution >= 4 is 11.8 Å². The molecule has 166 valence electrons. The number of rotatable bonds is 8. The average molecular weight is 427 g/mol. The fourth-order valence-corrected chi connectivity index (χ4v) is 4.04. The molecular formula is C25H31FN2O3. The zero-order valence-electron chi connectivity index (χ0n) is 18.2. The van der Waals surface area contributed by atoms with Crippen LogP contribution in [-0.4, -0.2) is 31.6 Å². The van der Waals surface area contributed by atoms with Crippen LogP contribution in [0.4, 0.5) is 4.39 Å². The maximum Gasteiger partial charge on any atom is 0.247 e. The van der Waals surface area contributed by atoms with Crippen LogP contribution < -0.4 is 10.6 Å². The Labute approximate surface area is 183 Å². The smallest absolute Gasteiger partial charge is 0.247 e. The Morgan fingerprint density at radius 3 is 2.42 bits per heavy atom. The van der Waals surface area contributed by atoms with Crippen molar-refractivity contribution in [3.05, 3.63) is 71.5 Å². The summed E-state index contributed by atoms with van der Waals surface area (Å²) in [4.78, 5) is 25.6. The van der Waals surface area contributed by atoms with E-state index < -0.39 is 11.5 Å². The molecule has 2 amide bonds. The summed E-state index contributed by atoms with van der Waals surface area (Å²) < 4.78 is 19.4. The van der Waals surface area contributed by atoms with Gasteiger partial charge in [0, 0.05) is 31.6 Å². The van der Waals surface area contributed by atoms with Crippen molar-refractivity contribution in [2.45, 2.75) is 44.6 Å². The van der Waals surface area contributed by atoms with E-state index in [0.717, 1.165) is 11.1 Å². The largest absolute Gasteiger partial charge is 0.381 e. The van der Waals surface area contributed by atoms with Crippen LogP contribution in [0.15, 0.2) is 54.6 Å². The maximum atomic E-state index is 13.9. The van der Waals surface area contributed by atoms with Crippen molar-refractivity contribution in [2.75, 3.05) is 19.8 Å². The predicted octanol–water partition coefficient (Wildman–Crippen LogP) is 3.89. The second-order valence-electron chi connectivity index (χ2n) is 8.63. The van der Waals surface area contributed by atoms with Gasteiger partial charge < -0.3 is 15.4 Å². The van der Waals surface area contributed by atoms with Crippen LogP contribution in [0.5, 0.6) is 0 Å². The van der Waals surface area contributed by atoms with E-state index >= 15 is 0 Å². The summed E-state index contributed by atoms with van der Waals surface area (Å²) in [5.74, 6) is -0.536. The number of benzene rings is 2. The first-order valence-corrected chi connectivity index (χ1v) is 10.9. The third-order valence-electron chi connectivity index (χ3n) is 5.78. The molecule has 1 aliphatic heterocycles. The number of ether oxygens (including phenoxy) is 1. The van der Waals surface area contributed by atoms with Gasteiger partial charge >= 0.3 is 0 Å². The van der Waals surface area contributed by atoms with E-state index in [1.165, 1.54) is 12.1 Å². The molecule has 2 N–H and O–H groups in total. The van der Waals surface area contributed by atoms with Gasteiger partial charge in [-0.1, -0.05) is 56.3 Å². The lowest BCUT2D eigenvalue weighted by atomic mass is 9.74. The molecular weight excluding hydrogens is 395 g/mol. The van der Waals surface area contributed by atoms with Gasteiger partial charge in [-0.2, -0.15) is 0 Å². The third kappa shape index (κ3) is 6.14. The molecule has 31 heavy (non-hydrogen) atoms. The molecule has 1 aliphatic rings. The van der Waals surface area contributed by atoms with Crippen molar-refractivity contribution in [1.29, 1.82) is 0 Å². The van der Waals surface area contributed by atoms with Gasteiger partial charge in [0.05, 0.1) is 0 Å². The minimum absolute atomic E-state index is 0.162. The molecule has 6 heteroatoms. The second-order valence-corrected chi connectivity index (χ2v) is 8.63. The molecule has 0 bridgehead atoms. The fraction of sp³-hybridized carbons (Fsp3) is 0.440. The number of halogens is 1. The van der Waals surface area contributed by atoms with Gasteiger partial charge in [-0.25, -0.2) is 4.39 Å². The van der Waals surface area contributed by atoms with E-state index in [2.05, 4.69) is 10.6 Å². The number of hydrogen-bond donors (Lipinski definition) is 2. The molecule has 1 heterocycles. The van der Waals surface area contributed by atoms with E-state index in [4.69, 9.17) is 4.74 Å². The Morgan fingerprint density at radius 1 is 1.06 bits per heavy atom. The Balaban J connectivity index is 1.78.